The molecule has 0 saturated heterocycles. The molecule has 3 aromatic rings. The van der Waals surface area contributed by atoms with Gasteiger partial charge in [-0.15, -0.1) is 0 Å². The molecule has 0 saturated carbocycles. The Labute approximate surface area is 122 Å². The molecule has 1 N–H and O–H groups in total. The zero-order chi connectivity index (χ0) is 14.7. The Hall–Kier alpha value is -2.62. The van der Waals surface area contributed by atoms with E-state index in [1.54, 1.807) is 18.3 Å². The maximum atomic E-state index is 12.9. The summed E-state index contributed by atoms with van der Waals surface area (Å²) in [7, 11) is 0. The molecule has 106 valence electrons. The van der Waals surface area contributed by atoms with E-state index in [-0.39, 0.29) is 5.82 Å². The van der Waals surface area contributed by atoms with Crippen molar-refractivity contribution in [2.24, 2.45) is 0 Å². The van der Waals surface area contributed by atoms with Gasteiger partial charge in [-0.2, -0.15) is 0 Å². The van der Waals surface area contributed by atoms with Gasteiger partial charge in [0.15, 0.2) is 0 Å². The highest BCUT2D eigenvalue weighted by Gasteiger charge is 2.05. The van der Waals surface area contributed by atoms with Crippen LogP contribution in [0.1, 0.15) is 11.5 Å². The van der Waals surface area contributed by atoms with Crippen LogP contribution in [0.5, 0.6) is 0 Å². The van der Waals surface area contributed by atoms with Gasteiger partial charge >= 0.3 is 0 Å². The summed E-state index contributed by atoms with van der Waals surface area (Å²) >= 11 is 0. The minimum Gasteiger partial charge on any atom is -0.459 e. The van der Waals surface area contributed by atoms with Gasteiger partial charge in [0.25, 0.3) is 0 Å². The highest BCUT2D eigenvalue weighted by Crippen LogP contribution is 2.23. The van der Waals surface area contributed by atoms with Crippen molar-refractivity contribution >= 4 is 5.69 Å². The van der Waals surface area contributed by atoms with Gasteiger partial charge in [0, 0.05) is 11.8 Å². The lowest BCUT2D eigenvalue weighted by Gasteiger charge is -2.06. The molecule has 0 aliphatic rings. The molecule has 1 aromatic carbocycles. The second-order valence-electron chi connectivity index (χ2n) is 4.76. The largest absolute Gasteiger partial charge is 0.459 e. The second-order valence-corrected chi connectivity index (χ2v) is 4.76. The number of furan rings is 1. The van der Waals surface area contributed by atoms with Crippen LogP contribution in [0.3, 0.4) is 0 Å². The van der Waals surface area contributed by atoms with Gasteiger partial charge in [0.2, 0.25) is 0 Å². The van der Waals surface area contributed by atoms with Gasteiger partial charge in [0.05, 0.1) is 17.9 Å². The normalized spacial score (nSPS) is 10.6. The van der Waals surface area contributed by atoms with E-state index in [0.29, 0.717) is 6.54 Å². The molecule has 0 atom stereocenters. The van der Waals surface area contributed by atoms with Crippen molar-refractivity contribution in [1.82, 2.24) is 4.98 Å². The number of pyridine rings is 1. The second kappa shape index (κ2) is 5.79. The summed E-state index contributed by atoms with van der Waals surface area (Å²) in [6.07, 6.45) is 1.76. The molecule has 3 rings (SSSR count). The molecule has 0 aliphatic carbocycles. The van der Waals surface area contributed by atoms with Crippen molar-refractivity contribution in [1.29, 1.82) is 0 Å². The van der Waals surface area contributed by atoms with Crippen molar-refractivity contribution in [2.45, 2.75) is 13.5 Å². The molecular formula is C17H15FN2O. The molecule has 2 heterocycles. The number of aromatic nitrogens is 1. The maximum absolute atomic E-state index is 12.9. The Morgan fingerprint density at radius 2 is 1.90 bits per heavy atom. The number of hydrogen-bond donors (Lipinski definition) is 1. The standard InChI is InChI=1S/C17H15FN2O/c1-12-16(3-2-10-19-12)20-11-15-8-9-17(21-15)13-4-6-14(18)7-5-13/h2-10,20H,11H2,1H3. The van der Waals surface area contributed by atoms with Crippen LogP contribution in [0.4, 0.5) is 10.1 Å². The Balaban J connectivity index is 1.71. The van der Waals surface area contributed by atoms with Crippen LogP contribution in [0, 0.1) is 12.7 Å². The molecule has 0 bridgehead atoms. The number of rotatable bonds is 4. The molecule has 21 heavy (non-hydrogen) atoms. The summed E-state index contributed by atoms with van der Waals surface area (Å²) in [6, 6.07) is 13.9. The van der Waals surface area contributed by atoms with E-state index in [0.717, 1.165) is 28.5 Å². The number of anilines is 1. The molecule has 0 fully saturated rings. The van der Waals surface area contributed by atoms with Crippen LogP contribution in [0.2, 0.25) is 0 Å². The van der Waals surface area contributed by atoms with Crippen molar-refractivity contribution in [3.05, 3.63) is 72.0 Å². The number of aryl methyl sites for hydroxylation is 1. The Bertz CT molecular complexity index is 735. The van der Waals surface area contributed by atoms with Crippen LogP contribution < -0.4 is 5.32 Å². The third-order valence-electron chi connectivity index (χ3n) is 3.25. The zero-order valence-corrected chi connectivity index (χ0v) is 11.6. The Morgan fingerprint density at radius 3 is 2.67 bits per heavy atom. The monoisotopic (exact) mass is 282 g/mol. The molecule has 2 aromatic heterocycles. The van der Waals surface area contributed by atoms with E-state index >= 15 is 0 Å². The first kappa shape index (κ1) is 13.4. The highest BCUT2D eigenvalue weighted by atomic mass is 19.1. The number of hydrogen-bond acceptors (Lipinski definition) is 3. The van der Waals surface area contributed by atoms with Gasteiger partial charge in [0.1, 0.15) is 17.3 Å². The molecule has 0 radical (unpaired) electrons. The Morgan fingerprint density at radius 1 is 1.10 bits per heavy atom. The predicted molar refractivity (Wildman–Crippen MR) is 80.4 cm³/mol. The molecular weight excluding hydrogens is 267 g/mol. The van der Waals surface area contributed by atoms with E-state index in [9.17, 15) is 4.39 Å². The minimum atomic E-state index is -0.251. The topological polar surface area (TPSA) is 38.1 Å². The highest BCUT2D eigenvalue weighted by molar-refractivity contribution is 5.57. The van der Waals surface area contributed by atoms with Crippen molar-refractivity contribution < 1.29 is 8.81 Å². The van der Waals surface area contributed by atoms with Gasteiger partial charge in [-0.05, 0) is 55.5 Å². The van der Waals surface area contributed by atoms with Gasteiger partial charge in [-0.25, -0.2) is 4.39 Å². The quantitative estimate of drug-likeness (QED) is 0.770. The van der Waals surface area contributed by atoms with Crippen molar-refractivity contribution in [3.63, 3.8) is 0 Å². The smallest absolute Gasteiger partial charge is 0.134 e. The molecule has 0 spiro atoms. The van der Waals surface area contributed by atoms with Crippen LogP contribution >= 0.6 is 0 Å². The number of benzene rings is 1. The fourth-order valence-corrected chi connectivity index (χ4v) is 2.10. The third kappa shape index (κ3) is 3.11. The van der Waals surface area contributed by atoms with Crippen LogP contribution in [0.15, 0.2) is 59.1 Å². The number of nitrogens with one attached hydrogen (secondary N) is 1. The number of halogens is 1. The first-order valence-corrected chi connectivity index (χ1v) is 6.72. The van der Waals surface area contributed by atoms with Crippen molar-refractivity contribution in [2.75, 3.05) is 5.32 Å². The zero-order valence-electron chi connectivity index (χ0n) is 11.6. The summed E-state index contributed by atoms with van der Waals surface area (Å²) in [4.78, 5) is 4.22. The van der Waals surface area contributed by atoms with Gasteiger partial charge in [-0.3, -0.25) is 4.98 Å². The molecule has 3 nitrogen and oxygen atoms in total. The lowest BCUT2D eigenvalue weighted by Crippen LogP contribution is -2.00. The van der Waals surface area contributed by atoms with Crippen LogP contribution in [-0.2, 0) is 6.54 Å². The summed E-state index contributed by atoms with van der Waals surface area (Å²) < 4.78 is 18.7. The first-order chi connectivity index (χ1) is 10.2. The van der Waals surface area contributed by atoms with E-state index < -0.39 is 0 Å². The fraction of sp³-hybridized carbons (Fsp3) is 0.118. The minimum absolute atomic E-state index is 0.251. The molecule has 0 aliphatic heterocycles. The van der Waals surface area contributed by atoms with Gasteiger partial charge in [-0.1, -0.05) is 0 Å². The Kier molecular flexibility index (Phi) is 3.69. The lowest BCUT2D eigenvalue weighted by molar-refractivity contribution is 0.531. The molecule has 4 heteroatoms. The summed E-state index contributed by atoms with van der Waals surface area (Å²) in [5, 5.41) is 3.29. The third-order valence-corrected chi connectivity index (χ3v) is 3.25. The predicted octanol–water partition coefficient (Wildman–Crippen LogP) is 4.40. The average molecular weight is 282 g/mol. The average Bonchev–Trinajstić information content (AvgIpc) is 2.96. The van der Waals surface area contributed by atoms with E-state index in [2.05, 4.69) is 10.3 Å². The lowest BCUT2D eigenvalue weighted by atomic mass is 10.2. The maximum Gasteiger partial charge on any atom is 0.134 e. The van der Waals surface area contributed by atoms with E-state index in [1.807, 2.05) is 31.2 Å². The van der Waals surface area contributed by atoms with Crippen LogP contribution in [0.25, 0.3) is 11.3 Å². The summed E-state index contributed by atoms with van der Waals surface area (Å²) in [5.74, 6) is 1.30. The van der Waals surface area contributed by atoms with E-state index in [1.165, 1.54) is 12.1 Å². The van der Waals surface area contributed by atoms with Crippen molar-refractivity contribution in [3.8, 4) is 11.3 Å². The van der Waals surface area contributed by atoms with E-state index in [4.69, 9.17) is 4.42 Å². The van der Waals surface area contributed by atoms with Gasteiger partial charge < -0.3 is 9.73 Å². The SMILES string of the molecule is Cc1ncccc1NCc1ccc(-c2ccc(F)cc2)o1. The molecule has 0 amide bonds. The summed E-state index contributed by atoms with van der Waals surface area (Å²) in [5.41, 5.74) is 2.79. The molecule has 0 unspecified atom stereocenters. The first-order valence-electron chi connectivity index (χ1n) is 6.72. The number of nitrogens with zero attached hydrogens (tertiary/aromatic N) is 1. The van der Waals surface area contributed by atoms with Crippen LogP contribution in [-0.4, -0.2) is 4.98 Å². The fourth-order valence-electron chi connectivity index (χ4n) is 2.10. The summed E-state index contributed by atoms with van der Waals surface area (Å²) in [6.45, 7) is 2.53.